The van der Waals surface area contributed by atoms with E-state index in [1.165, 1.54) is 0 Å². The minimum Gasteiger partial charge on any atom is -0.488 e. The van der Waals surface area contributed by atoms with E-state index in [9.17, 15) is 4.79 Å². The monoisotopic (exact) mass is 435 g/mol. The van der Waals surface area contributed by atoms with E-state index in [-0.39, 0.29) is 11.8 Å². The van der Waals surface area contributed by atoms with Gasteiger partial charge in [0.1, 0.15) is 23.7 Å². The second-order valence-corrected chi connectivity index (χ2v) is 8.68. The highest BCUT2D eigenvalue weighted by Gasteiger charge is 2.33. The lowest BCUT2D eigenvalue weighted by molar-refractivity contribution is 0.0687. The fourth-order valence-electron chi connectivity index (χ4n) is 4.90. The van der Waals surface area contributed by atoms with Crippen molar-refractivity contribution in [2.24, 2.45) is 0 Å². The van der Waals surface area contributed by atoms with Gasteiger partial charge in [-0.1, -0.05) is 17.3 Å². The number of benzene rings is 1. The van der Waals surface area contributed by atoms with Gasteiger partial charge in [0, 0.05) is 43.3 Å². The van der Waals surface area contributed by atoms with Crippen LogP contribution in [0.1, 0.15) is 65.3 Å². The van der Waals surface area contributed by atoms with Crippen LogP contribution in [0.5, 0.6) is 5.75 Å². The van der Waals surface area contributed by atoms with Crippen molar-refractivity contribution in [3.63, 3.8) is 0 Å². The Hall–Kier alpha value is -3.20. The molecule has 1 N–H and O–H groups in total. The molecule has 3 aromatic rings. The van der Waals surface area contributed by atoms with Gasteiger partial charge in [-0.25, -0.2) is 0 Å². The Balaban J connectivity index is 1.20. The molecule has 1 atom stereocenters. The summed E-state index contributed by atoms with van der Waals surface area (Å²) in [6, 6.07) is 7.76. The van der Waals surface area contributed by atoms with Gasteiger partial charge in [-0.2, -0.15) is 10.1 Å². The van der Waals surface area contributed by atoms with Crippen LogP contribution in [0.25, 0.3) is 11.3 Å². The second kappa shape index (κ2) is 8.05. The predicted octanol–water partition coefficient (Wildman–Crippen LogP) is 3.27. The smallest absolute Gasteiger partial charge is 0.272 e. The number of ether oxygens (including phenoxy) is 2. The molecule has 0 spiro atoms. The van der Waals surface area contributed by atoms with Crippen LogP contribution >= 0.6 is 0 Å². The van der Waals surface area contributed by atoms with Gasteiger partial charge in [-0.3, -0.25) is 9.89 Å². The number of rotatable bonds is 3. The average Bonchev–Trinajstić information content (AvgIpc) is 3.52. The minimum atomic E-state index is -0.0596. The molecule has 1 unspecified atom stereocenters. The maximum atomic E-state index is 13.4. The second-order valence-electron chi connectivity index (χ2n) is 8.68. The molecule has 9 heteroatoms. The lowest BCUT2D eigenvalue weighted by Gasteiger charge is -2.31. The lowest BCUT2D eigenvalue weighted by atomic mass is 9.96. The molecule has 2 saturated heterocycles. The van der Waals surface area contributed by atoms with E-state index in [2.05, 4.69) is 15.4 Å². The summed E-state index contributed by atoms with van der Waals surface area (Å²) in [6.07, 6.45) is 3.66. The van der Waals surface area contributed by atoms with Crippen molar-refractivity contribution >= 4 is 5.91 Å². The Kier molecular flexibility index (Phi) is 4.90. The Bertz CT molecular complexity index is 1130. The molecule has 0 saturated carbocycles. The number of aromatic amines is 1. The van der Waals surface area contributed by atoms with E-state index < -0.39 is 0 Å². The van der Waals surface area contributed by atoms with Crippen molar-refractivity contribution in [1.82, 2.24) is 25.2 Å². The van der Waals surface area contributed by atoms with E-state index in [0.29, 0.717) is 37.2 Å². The number of piperidine rings is 1. The summed E-state index contributed by atoms with van der Waals surface area (Å²) in [5.74, 6) is 2.47. The number of aromatic nitrogens is 4. The van der Waals surface area contributed by atoms with Crippen LogP contribution in [-0.2, 0) is 11.3 Å². The molecular weight excluding hydrogens is 410 g/mol. The molecule has 32 heavy (non-hydrogen) atoms. The van der Waals surface area contributed by atoms with E-state index in [4.69, 9.17) is 19.0 Å². The van der Waals surface area contributed by atoms with Gasteiger partial charge in [0.25, 0.3) is 5.91 Å². The summed E-state index contributed by atoms with van der Waals surface area (Å²) in [6.45, 7) is 3.06. The van der Waals surface area contributed by atoms with E-state index in [1.807, 2.05) is 29.2 Å². The predicted molar refractivity (Wildman–Crippen MR) is 113 cm³/mol. The number of para-hydroxylation sites is 1. The third kappa shape index (κ3) is 3.37. The largest absolute Gasteiger partial charge is 0.488 e. The number of fused-ring (bicyclic) bond motifs is 3. The molecule has 2 fully saturated rings. The fourth-order valence-corrected chi connectivity index (χ4v) is 4.90. The summed E-state index contributed by atoms with van der Waals surface area (Å²) in [5, 5.41) is 11.7. The highest BCUT2D eigenvalue weighted by molar-refractivity contribution is 5.96. The Morgan fingerprint density at radius 2 is 2.00 bits per heavy atom. The first-order chi connectivity index (χ1) is 15.8. The Labute approximate surface area is 185 Å². The Morgan fingerprint density at radius 3 is 2.91 bits per heavy atom. The highest BCUT2D eigenvalue weighted by atomic mass is 16.5. The number of carbonyl (C=O) groups is 1. The molecule has 166 valence electrons. The summed E-state index contributed by atoms with van der Waals surface area (Å²) in [7, 11) is 0. The van der Waals surface area contributed by atoms with E-state index >= 15 is 0 Å². The number of H-pyrrole nitrogens is 1. The molecule has 5 heterocycles. The van der Waals surface area contributed by atoms with Crippen LogP contribution in [-0.4, -0.2) is 57.4 Å². The van der Waals surface area contributed by atoms with E-state index in [0.717, 1.165) is 67.3 Å². The van der Waals surface area contributed by atoms with Crippen LogP contribution in [0.15, 0.2) is 28.8 Å². The molecular formula is C23H25N5O4. The number of amides is 1. The third-order valence-electron chi connectivity index (χ3n) is 6.70. The summed E-state index contributed by atoms with van der Waals surface area (Å²) in [4.78, 5) is 20.0. The number of nitrogens with zero attached hydrogens (tertiary/aromatic N) is 4. The minimum absolute atomic E-state index is 0.0458. The number of hydrogen-bond acceptors (Lipinski definition) is 7. The number of hydrogen-bond donors (Lipinski definition) is 1. The maximum Gasteiger partial charge on any atom is 0.272 e. The molecule has 9 nitrogen and oxygen atoms in total. The number of nitrogens with one attached hydrogen (secondary N) is 1. The Morgan fingerprint density at radius 1 is 1.12 bits per heavy atom. The van der Waals surface area contributed by atoms with Crippen LogP contribution in [0.3, 0.4) is 0 Å². The summed E-state index contributed by atoms with van der Waals surface area (Å²) in [5.41, 5.74) is 3.02. The molecule has 1 amide bonds. The van der Waals surface area contributed by atoms with Crippen molar-refractivity contribution < 1.29 is 18.8 Å². The van der Waals surface area contributed by atoms with Gasteiger partial charge in [0.05, 0.1) is 5.92 Å². The zero-order valence-corrected chi connectivity index (χ0v) is 17.7. The summed E-state index contributed by atoms with van der Waals surface area (Å²) < 4.78 is 16.9. The molecule has 0 aliphatic carbocycles. The van der Waals surface area contributed by atoms with Gasteiger partial charge in [-0.15, -0.1) is 0 Å². The van der Waals surface area contributed by atoms with Crippen LogP contribution in [0.2, 0.25) is 0 Å². The normalized spacial score (nSPS) is 21.0. The first-order valence-electron chi connectivity index (χ1n) is 11.3. The van der Waals surface area contributed by atoms with Crippen molar-refractivity contribution in [2.45, 2.75) is 44.1 Å². The molecule has 1 aromatic carbocycles. The van der Waals surface area contributed by atoms with Gasteiger partial charge < -0.3 is 18.9 Å². The molecule has 6 rings (SSSR count). The summed E-state index contributed by atoms with van der Waals surface area (Å²) >= 11 is 0. The zero-order valence-electron chi connectivity index (χ0n) is 17.7. The lowest BCUT2D eigenvalue weighted by Crippen LogP contribution is -2.39. The van der Waals surface area contributed by atoms with Gasteiger partial charge in [0.2, 0.25) is 5.89 Å². The van der Waals surface area contributed by atoms with Crippen molar-refractivity contribution in [3.8, 4) is 17.0 Å². The first kappa shape index (κ1) is 19.5. The molecule has 3 aliphatic rings. The highest BCUT2D eigenvalue weighted by Crippen LogP contribution is 2.38. The number of likely N-dealkylation sites (tertiary alicyclic amines) is 1. The van der Waals surface area contributed by atoms with Crippen molar-refractivity contribution in [3.05, 3.63) is 47.2 Å². The van der Waals surface area contributed by atoms with Crippen LogP contribution < -0.4 is 4.74 Å². The van der Waals surface area contributed by atoms with Gasteiger partial charge in [0.15, 0.2) is 5.82 Å². The fraction of sp³-hybridized carbons (Fsp3) is 0.478. The SMILES string of the molecule is O=C(c1[nH]nc2c1COc1ccccc1-2)N1CCCC(c2nc(C3CCOCC3)no2)C1. The first-order valence-corrected chi connectivity index (χ1v) is 11.3. The van der Waals surface area contributed by atoms with Crippen LogP contribution in [0.4, 0.5) is 0 Å². The topological polar surface area (TPSA) is 106 Å². The average molecular weight is 435 g/mol. The molecule has 0 bridgehead atoms. The van der Waals surface area contributed by atoms with Crippen molar-refractivity contribution in [1.29, 1.82) is 0 Å². The molecule has 0 radical (unpaired) electrons. The zero-order chi connectivity index (χ0) is 21.5. The van der Waals surface area contributed by atoms with E-state index in [1.54, 1.807) is 0 Å². The van der Waals surface area contributed by atoms with Crippen LogP contribution in [0, 0.1) is 0 Å². The molecule has 3 aliphatic heterocycles. The van der Waals surface area contributed by atoms with Crippen molar-refractivity contribution in [2.75, 3.05) is 26.3 Å². The van der Waals surface area contributed by atoms with Gasteiger partial charge >= 0.3 is 0 Å². The molecule has 2 aromatic heterocycles. The maximum absolute atomic E-state index is 13.4. The van der Waals surface area contributed by atoms with Gasteiger partial charge in [-0.05, 0) is 37.8 Å². The number of carbonyl (C=O) groups excluding carboxylic acids is 1. The third-order valence-corrected chi connectivity index (χ3v) is 6.70. The standard InChI is InChI=1S/C23H25N5O4/c29-23(20-17-13-31-18-6-2-1-5-16(18)19(17)25-26-20)28-9-3-4-15(12-28)22-24-21(27-32-22)14-7-10-30-11-8-14/h1-2,5-6,14-15H,3-4,7-13H2,(H,25,26). The quantitative estimate of drug-likeness (QED) is 0.673.